The van der Waals surface area contributed by atoms with Gasteiger partial charge in [-0.15, -0.1) is 11.3 Å². The first kappa shape index (κ1) is 17.1. The van der Waals surface area contributed by atoms with Gasteiger partial charge >= 0.3 is 0 Å². The number of nitrogens with one attached hydrogen (secondary N) is 1. The number of thiophene rings is 1. The van der Waals surface area contributed by atoms with E-state index >= 15 is 0 Å². The Hall–Kier alpha value is -3.06. The maximum Gasteiger partial charge on any atom is 0.272 e. The molecule has 0 aliphatic heterocycles. The molecule has 1 N–H and O–H groups in total. The monoisotopic (exact) mass is 390 g/mol. The summed E-state index contributed by atoms with van der Waals surface area (Å²) in [5.74, 6) is 0.286. The lowest BCUT2D eigenvalue weighted by molar-refractivity contribution is -0.116. The highest BCUT2D eigenvalue weighted by atomic mass is 32.1. The first-order chi connectivity index (χ1) is 13.6. The number of fused-ring (bicyclic) bond motifs is 4. The van der Waals surface area contributed by atoms with Gasteiger partial charge < -0.3 is 5.32 Å². The van der Waals surface area contributed by atoms with Crippen LogP contribution < -0.4 is 10.9 Å². The van der Waals surface area contributed by atoms with Gasteiger partial charge in [0.15, 0.2) is 0 Å². The second-order valence-electron chi connectivity index (χ2n) is 7.07. The van der Waals surface area contributed by atoms with Crippen LogP contribution in [0.2, 0.25) is 0 Å². The SMILES string of the molecule is Cc1nc2c(sc3ncccc32)c(=O)n1CC(=O)Nc1ccc2c(c1)CCC2. The Bertz CT molecular complexity index is 1310. The molecule has 0 atom stereocenters. The van der Waals surface area contributed by atoms with E-state index in [0.717, 1.165) is 35.2 Å². The fraction of sp³-hybridized carbons (Fsp3) is 0.238. The van der Waals surface area contributed by atoms with Gasteiger partial charge in [-0.1, -0.05) is 6.07 Å². The van der Waals surface area contributed by atoms with E-state index in [0.29, 0.717) is 16.0 Å². The molecule has 0 radical (unpaired) electrons. The van der Waals surface area contributed by atoms with Gasteiger partial charge in [0.05, 0.1) is 5.52 Å². The standard InChI is InChI=1S/C21H18N4O2S/c1-12-23-18-16-6-3-9-22-20(16)28-19(18)21(27)25(12)11-17(26)24-15-8-7-13-4-2-5-14(13)10-15/h3,6-10H,2,4-5,11H2,1H3,(H,24,26). The second kappa shape index (κ2) is 6.53. The van der Waals surface area contributed by atoms with E-state index in [1.807, 2.05) is 24.3 Å². The summed E-state index contributed by atoms with van der Waals surface area (Å²) in [5, 5.41) is 3.79. The summed E-state index contributed by atoms with van der Waals surface area (Å²) in [6.45, 7) is 1.69. The Labute approximate surface area is 164 Å². The summed E-state index contributed by atoms with van der Waals surface area (Å²) in [4.78, 5) is 35.3. The third kappa shape index (κ3) is 2.79. The van der Waals surface area contributed by atoms with Gasteiger partial charge in [-0.25, -0.2) is 9.97 Å². The number of hydrogen-bond donors (Lipinski definition) is 1. The Morgan fingerprint density at radius 3 is 3.00 bits per heavy atom. The number of rotatable bonds is 3. The van der Waals surface area contributed by atoms with Gasteiger partial charge in [-0.3, -0.25) is 14.2 Å². The molecule has 0 bridgehead atoms. The second-order valence-corrected chi connectivity index (χ2v) is 8.07. The molecule has 1 aliphatic carbocycles. The van der Waals surface area contributed by atoms with E-state index in [2.05, 4.69) is 21.4 Å². The van der Waals surface area contributed by atoms with Crippen LogP contribution in [0, 0.1) is 6.92 Å². The van der Waals surface area contributed by atoms with Crippen LogP contribution in [0.4, 0.5) is 5.69 Å². The Morgan fingerprint density at radius 1 is 1.25 bits per heavy atom. The molecule has 3 heterocycles. The van der Waals surface area contributed by atoms with Crippen molar-refractivity contribution < 1.29 is 4.79 Å². The molecule has 0 saturated heterocycles. The summed E-state index contributed by atoms with van der Waals surface area (Å²) >= 11 is 1.32. The molecule has 0 unspecified atom stereocenters. The smallest absolute Gasteiger partial charge is 0.272 e. The maximum absolute atomic E-state index is 13.0. The zero-order valence-electron chi connectivity index (χ0n) is 15.4. The van der Waals surface area contributed by atoms with Crippen LogP contribution in [-0.4, -0.2) is 20.4 Å². The minimum absolute atomic E-state index is 0.0631. The van der Waals surface area contributed by atoms with E-state index in [-0.39, 0.29) is 18.0 Å². The normalized spacial score (nSPS) is 13.2. The van der Waals surface area contributed by atoms with Crippen LogP contribution in [0.25, 0.3) is 20.4 Å². The maximum atomic E-state index is 13.0. The molecule has 6 nitrogen and oxygen atoms in total. The fourth-order valence-electron chi connectivity index (χ4n) is 3.85. The quantitative estimate of drug-likeness (QED) is 0.581. The number of anilines is 1. The molecule has 1 aliphatic rings. The van der Waals surface area contributed by atoms with Crippen molar-refractivity contribution in [2.45, 2.75) is 32.7 Å². The van der Waals surface area contributed by atoms with E-state index in [4.69, 9.17) is 0 Å². The molecule has 3 aromatic heterocycles. The van der Waals surface area contributed by atoms with E-state index in [1.165, 1.54) is 27.0 Å². The lowest BCUT2D eigenvalue weighted by Gasteiger charge is -2.11. The lowest BCUT2D eigenvalue weighted by atomic mass is 10.1. The minimum Gasteiger partial charge on any atom is -0.325 e. The number of nitrogens with zero attached hydrogens (tertiary/aromatic N) is 3. The molecule has 0 fully saturated rings. The van der Waals surface area contributed by atoms with Crippen molar-refractivity contribution in [1.29, 1.82) is 0 Å². The van der Waals surface area contributed by atoms with Crippen LogP contribution in [0.15, 0.2) is 41.3 Å². The first-order valence-corrected chi connectivity index (χ1v) is 10.1. The molecule has 28 heavy (non-hydrogen) atoms. The van der Waals surface area contributed by atoms with Crippen molar-refractivity contribution in [2.24, 2.45) is 0 Å². The van der Waals surface area contributed by atoms with Crippen LogP contribution >= 0.6 is 11.3 Å². The van der Waals surface area contributed by atoms with Crippen molar-refractivity contribution in [1.82, 2.24) is 14.5 Å². The van der Waals surface area contributed by atoms with E-state index in [1.54, 1.807) is 13.1 Å². The van der Waals surface area contributed by atoms with Gasteiger partial charge in [0.2, 0.25) is 5.91 Å². The minimum atomic E-state index is -0.233. The van der Waals surface area contributed by atoms with Crippen LogP contribution in [-0.2, 0) is 24.2 Å². The summed E-state index contributed by atoms with van der Waals surface area (Å²) in [7, 11) is 0. The molecule has 0 saturated carbocycles. The van der Waals surface area contributed by atoms with Crippen molar-refractivity contribution in [3.8, 4) is 0 Å². The molecular formula is C21H18N4O2S. The van der Waals surface area contributed by atoms with Gasteiger partial charge in [-0.05, 0) is 61.6 Å². The van der Waals surface area contributed by atoms with E-state index < -0.39 is 0 Å². The highest BCUT2D eigenvalue weighted by Crippen LogP contribution is 2.28. The molecule has 7 heteroatoms. The molecule has 4 aromatic rings. The van der Waals surface area contributed by atoms with Gasteiger partial charge in [0.25, 0.3) is 5.56 Å². The predicted octanol–water partition coefficient (Wildman–Crippen LogP) is 3.44. The van der Waals surface area contributed by atoms with Gasteiger partial charge in [-0.2, -0.15) is 0 Å². The Kier molecular flexibility index (Phi) is 3.98. The van der Waals surface area contributed by atoms with Crippen molar-refractivity contribution in [2.75, 3.05) is 5.32 Å². The molecule has 1 aromatic carbocycles. The fourth-order valence-corrected chi connectivity index (χ4v) is 4.88. The van der Waals surface area contributed by atoms with Crippen molar-refractivity contribution in [3.63, 3.8) is 0 Å². The summed E-state index contributed by atoms with van der Waals surface area (Å²) < 4.78 is 1.96. The Morgan fingerprint density at radius 2 is 2.11 bits per heavy atom. The summed E-state index contributed by atoms with van der Waals surface area (Å²) in [6, 6.07) is 9.79. The lowest BCUT2D eigenvalue weighted by Crippen LogP contribution is -2.29. The summed E-state index contributed by atoms with van der Waals surface area (Å²) in [6.07, 6.45) is 5.02. The average molecular weight is 390 g/mol. The molecule has 140 valence electrons. The molecule has 1 amide bonds. The molecule has 5 rings (SSSR count). The number of hydrogen-bond acceptors (Lipinski definition) is 5. The third-order valence-electron chi connectivity index (χ3n) is 5.23. The Balaban J connectivity index is 1.46. The van der Waals surface area contributed by atoms with Crippen LogP contribution in [0.1, 0.15) is 23.4 Å². The predicted molar refractivity (Wildman–Crippen MR) is 111 cm³/mol. The molecular weight excluding hydrogens is 372 g/mol. The number of benzene rings is 1. The van der Waals surface area contributed by atoms with Crippen molar-refractivity contribution in [3.05, 3.63) is 63.8 Å². The first-order valence-electron chi connectivity index (χ1n) is 9.26. The number of carbonyl (C=O) groups is 1. The van der Waals surface area contributed by atoms with Crippen molar-refractivity contribution >= 4 is 43.4 Å². The van der Waals surface area contributed by atoms with Gasteiger partial charge in [0, 0.05) is 17.3 Å². The zero-order chi connectivity index (χ0) is 19.3. The topological polar surface area (TPSA) is 76.9 Å². The van der Waals surface area contributed by atoms with Crippen LogP contribution in [0.3, 0.4) is 0 Å². The third-order valence-corrected chi connectivity index (χ3v) is 6.32. The number of aromatic nitrogens is 3. The summed E-state index contributed by atoms with van der Waals surface area (Å²) in [5.41, 5.74) is 3.89. The number of aryl methyl sites for hydroxylation is 3. The number of pyridine rings is 1. The highest BCUT2D eigenvalue weighted by molar-refractivity contribution is 7.25. The zero-order valence-corrected chi connectivity index (χ0v) is 16.2. The number of amides is 1. The van der Waals surface area contributed by atoms with Crippen LogP contribution in [0.5, 0.6) is 0 Å². The number of carbonyl (C=O) groups excluding carboxylic acids is 1. The van der Waals surface area contributed by atoms with E-state index in [9.17, 15) is 9.59 Å². The molecule has 0 spiro atoms. The highest BCUT2D eigenvalue weighted by Gasteiger charge is 2.17. The largest absolute Gasteiger partial charge is 0.325 e. The van der Waals surface area contributed by atoms with Gasteiger partial charge in [0.1, 0.15) is 21.9 Å². The average Bonchev–Trinajstić information content (AvgIpc) is 3.29.